The Morgan fingerprint density at radius 3 is 2.56 bits per heavy atom. The predicted octanol–water partition coefficient (Wildman–Crippen LogP) is 4.07. The number of benzene rings is 2. The second kappa shape index (κ2) is 10.9. The van der Waals surface area contributed by atoms with Crippen molar-refractivity contribution in [2.24, 2.45) is 4.99 Å². The first-order valence-electron chi connectivity index (χ1n) is 10.5. The van der Waals surface area contributed by atoms with Crippen LogP contribution < -0.4 is 10.0 Å². The first-order chi connectivity index (χ1) is 17.2. The van der Waals surface area contributed by atoms with Crippen molar-refractivity contribution < 1.29 is 26.7 Å². The smallest absolute Gasteiger partial charge is 0.338 e. The van der Waals surface area contributed by atoms with Gasteiger partial charge in [-0.3, -0.25) is 4.99 Å². The average molecular weight is 597 g/mol. The summed E-state index contributed by atoms with van der Waals surface area (Å²) in [6.07, 6.45) is 1.58. The molecule has 1 atom stereocenters. The fourth-order valence-electron chi connectivity index (χ4n) is 3.45. The molecule has 0 bridgehead atoms. The Morgan fingerprint density at radius 1 is 1.19 bits per heavy atom. The van der Waals surface area contributed by atoms with Gasteiger partial charge in [-0.1, -0.05) is 22.0 Å². The van der Waals surface area contributed by atoms with Crippen LogP contribution in [0.2, 0.25) is 0 Å². The van der Waals surface area contributed by atoms with Crippen molar-refractivity contribution in [1.82, 2.24) is 15.0 Å². The highest BCUT2D eigenvalue weighted by atomic mass is 79.9. The Hall–Kier alpha value is -3.00. The van der Waals surface area contributed by atoms with Gasteiger partial charge in [-0.2, -0.15) is 0 Å². The lowest BCUT2D eigenvalue weighted by Gasteiger charge is -2.27. The molecule has 2 aromatic carbocycles. The van der Waals surface area contributed by atoms with E-state index < -0.39 is 33.7 Å². The van der Waals surface area contributed by atoms with Crippen LogP contribution in [0.4, 0.5) is 8.78 Å². The number of esters is 1. The molecule has 13 heteroatoms. The third kappa shape index (κ3) is 5.69. The lowest BCUT2D eigenvalue weighted by molar-refractivity contribution is -0.139. The van der Waals surface area contributed by atoms with Gasteiger partial charge in [-0.15, -0.1) is 11.3 Å². The van der Waals surface area contributed by atoms with Crippen LogP contribution in [0.1, 0.15) is 23.5 Å². The van der Waals surface area contributed by atoms with Crippen LogP contribution in [0, 0.1) is 11.6 Å². The maximum Gasteiger partial charge on any atom is 0.338 e. The van der Waals surface area contributed by atoms with Gasteiger partial charge >= 0.3 is 5.97 Å². The number of aromatic nitrogens is 1. The van der Waals surface area contributed by atoms with Gasteiger partial charge in [0, 0.05) is 21.7 Å². The van der Waals surface area contributed by atoms with Crippen molar-refractivity contribution in [1.29, 1.82) is 0 Å². The Labute approximate surface area is 218 Å². The molecule has 1 aromatic heterocycles. The standard InChI is InChI=1S/C23H19BrF2N4O4S2/c1-2-34-23(31)19-18(12-28-36(32,33)15-6-3-13(25)4-7-15)29-21(22-27-9-10-35-22)30-20(19)16-8-5-14(26)11-17(16)24/h3-11,20,28H,2,12H2,1H3,(H,29,30). The summed E-state index contributed by atoms with van der Waals surface area (Å²) in [7, 11) is -4.06. The van der Waals surface area contributed by atoms with Gasteiger partial charge in [0.2, 0.25) is 10.0 Å². The highest BCUT2D eigenvalue weighted by Crippen LogP contribution is 2.36. The molecule has 0 aliphatic carbocycles. The summed E-state index contributed by atoms with van der Waals surface area (Å²) in [6, 6.07) is 7.34. The first-order valence-corrected chi connectivity index (χ1v) is 13.7. The molecule has 0 radical (unpaired) electrons. The van der Waals surface area contributed by atoms with Gasteiger partial charge in [0.25, 0.3) is 0 Å². The number of amidine groups is 1. The number of nitrogens with zero attached hydrogens (tertiary/aromatic N) is 2. The molecule has 0 saturated carbocycles. The number of aliphatic imine (C=N–C) groups is 1. The Kier molecular flexibility index (Phi) is 7.93. The number of sulfonamides is 1. The third-order valence-corrected chi connectivity index (χ3v) is 7.96. The minimum Gasteiger partial charge on any atom is -0.463 e. The zero-order valence-electron chi connectivity index (χ0n) is 18.7. The topological polar surface area (TPSA) is 110 Å². The monoisotopic (exact) mass is 596 g/mol. The Bertz CT molecular complexity index is 1440. The average Bonchev–Trinajstić information content (AvgIpc) is 3.38. The number of carbonyl (C=O) groups excluding carboxylic acids is 1. The SMILES string of the molecule is CCOC(=O)C1=C(CNS(=O)(=O)c2ccc(F)cc2)NC(c2nccs2)=NC1c1ccc(F)cc1Br. The van der Waals surface area contributed by atoms with Gasteiger partial charge in [0.1, 0.15) is 17.7 Å². The van der Waals surface area contributed by atoms with Crippen molar-refractivity contribution in [3.05, 3.63) is 92.0 Å². The van der Waals surface area contributed by atoms with Crippen LogP contribution in [-0.4, -0.2) is 38.4 Å². The molecule has 0 amide bonds. The van der Waals surface area contributed by atoms with Crippen molar-refractivity contribution in [2.45, 2.75) is 17.9 Å². The molecule has 0 fully saturated rings. The molecule has 0 saturated heterocycles. The molecule has 188 valence electrons. The second-order valence-corrected chi connectivity index (χ2v) is 10.9. The lowest BCUT2D eigenvalue weighted by Crippen LogP contribution is -2.39. The number of rotatable bonds is 8. The molecule has 36 heavy (non-hydrogen) atoms. The summed E-state index contributed by atoms with van der Waals surface area (Å²) in [5.74, 6) is -1.48. The maximum absolute atomic E-state index is 13.8. The summed E-state index contributed by atoms with van der Waals surface area (Å²) in [5.41, 5.74) is 0.695. The zero-order valence-corrected chi connectivity index (χ0v) is 21.9. The predicted molar refractivity (Wildman–Crippen MR) is 134 cm³/mol. The summed E-state index contributed by atoms with van der Waals surface area (Å²) in [6.45, 7) is 1.36. The number of thiazole rings is 1. The number of nitrogens with one attached hydrogen (secondary N) is 2. The second-order valence-electron chi connectivity index (χ2n) is 7.40. The van der Waals surface area contributed by atoms with Crippen LogP contribution in [0.15, 0.2) is 79.7 Å². The van der Waals surface area contributed by atoms with Crippen molar-refractivity contribution in [3.8, 4) is 0 Å². The van der Waals surface area contributed by atoms with Gasteiger partial charge in [-0.25, -0.2) is 31.7 Å². The van der Waals surface area contributed by atoms with Crippen molar-refractivity contribution in [3.63, 3.8) is 0 Å². The molecule has 3 aromatic rings. The fourth-order valence-corrected chi connectivity index (χ4v) is 5.60. The van der Waals surface area contributed by atoms with E-state index in [1.165, 1.54) is 29.5 Å². The van der Waals surface area contributed by atoms with E-state index in [2.05, 4.69) is 35.9 Å². The molecule has 2 heterocycles. The van der Waals surface area contributed by atoms with E-state index in [-0.39, 0.29) is 29.3 Å². The number of ether oxygens (including phenoxy) is 1. The zero-order chi connectivity index (χ0) is 25.9. The minimum atomic E-state index is -4.06. The van der Waals surface area contributed by atoms with E-state index in [4.69, 9.17) is 4.74 Å². The summed E-state index contributed by atoms with van der Waals surface area (Å²) >= 11 is 4.62. The summed E-state index contributed by atoms with van der Waals surface area (Å²) in [5, 5.41) is 5.25. The molecule has 1 unspecified atom stereocenters. The molecule has 1 aliphatic heterocycles. The molecule has 4 rings (SSSR count). The van der Waals surface area contributed by atoms with E-state index in [0.29, 0.717) is 20.9 Å². The van der Waals surface area contributed by atoms with Crippen LogP contribution in [0.25, 0.3) is 0 Å². The molecule has 2 N–H and O–H groups in total. The fraction of sp³-hybridized carbons (Fsp3) is 0.174. The molecule has 8 nitrogen and oxygen atoms in total. The van der Waals surface area contributed by atoms with Crippen molar-refractivity contribution in [2.75, 3.05) is 13.2 Å². The number of hydrogen-bond donors (Lipinski definition) is 2. The van der Waals surface area contributed by atoms with Gasteiger partial charge in [0.15, 0.2) is 10.8 Å². The van der Waals surface area contributed by atoms with Crippen LogP contribution >= 0.6 is 27.3 Å². The van der Waals surface area contributed by atoms with E-state index >= 15 is 0 Å². The number of carbonyl (C=O) groups is 1. The van der Waals surface area contributed by atoms with E-state index in [1.54, 1.807) is 18.5 Å². The Balaban J connectivity index is 1.79. The lowest BCUT2D eigenvalue weighted by atomic mass is 9.95. The molecule has 0 spiro atoms. The Morgan fingerprint density at radius 2 is 1.92 bits per heavy atom. The molecule has 1 aliphatic rings. The van der Waals surface area contributed by atoms with Gasteiger partial charge < -0.3 is 10.1 Å². The van der Waals surface area contributed by atoms with Gasteiger partial charge in [-0.05, 0) is 48.9 Å². The maximum atomic E-state index is 13.8. The van der Waals surface area contributed by atoms with Gasteiger partial charge in [0.05, 0.1) is 23.6 Å². The normalized spacial score (nSPS) is 15.9. The number of hydrogen-bond acceptors (Lipinski definition) is 8. The first kappa shape index (κ1) is 26.1. The van der Waals surface area contributed by atoms with Crippen LogP contribution in [-0.2, 0) is 19.6 Å². The minimum absolute atomic E-state index is 0.0475. The molecular weight excluding hydrogens is 578 g/mol. The van der Waals surface area contributed by atoms with E-state index in [0.717, 1.165) is 24.3 Å². The van der Waals surface area contributed by atoms with E-state index in [9.17, 15) is 22.0 Å². The summed E-state index contributed by atoms with van der Waals surface area (Å²) in [4.78, 5) is 21.8. The largest absolute Gasteiger partial charge is 0.463 e. The highest BCUT2D eigenvalue weighted by molar-refractivity contribution is 9.10. The quantitative estimate of drug-likeness (QED) is 0.379. The highest BCUT2D eigenvalue weighted by Gasteiger charge is 2.34. The number of halogens is 3. The van der Waals surface area contributed by atoms with Crippen LogP contribution in [0.3, 0.4) is 0 Å². The van der Waals surface area contributed by atoms with Crippen LogP contribution in [0.5, 0.6) is 0 Å². The third-order valence-electron chi connectivity index (χ3n) is 5.08. The molecular formula is C23H19BrF2N4O4S2. The van der Waals surface area contributed by atoms with Crippen molar-refractivity contribution >= 4 is 49.1 Å². The summed E-state index contributed by atoms with van der Waals surface area (Å²) < 4.78 is 60.8. The van der Waals surface area contributed by atoms with E-state index in [1.807, 2.05) is 0 Å².